The van der Waals surface area contributed by atoms with Gasteiger partial charge in [-0.2, -0.15) is 11.3 Å². The summed E-state index contributed by atoms with van der Waals surface area (Å²) < 4.78 is 0. The maximum absolute atomic E-state index is 11.1. The Balaban J connectivity index is 2.70. The van der Waals surface area contributed by atoms with Crippen LogP contribution in [0.3, 0.4) is 0 Å². The number of hydrogen-bond donors (Lipinski definition) is 0. The Morgan fingerprint density at radius 3 is 3.00 bits per heavy atom. The van der Waals surface area contributed by atoms with Gasteiger partial charge in [-0.25, -0.2) is 0 Å². The number of halogens is 1. The highest BCUT2D eigenvalue weighted by atomic mass is 79.9. The second-order valence-electron chi connectivity index (χ2n) is 2.07. The number of carbonyl (C=O) groups is 1. The van der Waals surface area contributed by atoms with Crippen molar-refractivity contribution in [2.75, 3.05) is 17.3 Å². The summed E-state index contributed by atoms with van der Waals surface area (Å²) in [6.07, 6.45) is 0. The van der Waals surface area contributed by atoms with E-state index in [1.54, 1.807) is 23.3 Å². The molecule has 60 valence electrons. The third kappa shape index (κ3) is 2.04. The number of nitrogens with zero attached hydrogens (tertiary/aromatic N) is 1. The number of anilines is 1. The van der Waals surface area contributed by atoms with Gasteiger partial charge in [-0.3, -0.25) is 4.79 Å². The molecule has 0 fully saturated rings. The lowest BCUT2D eigenvalue weighted by Crippen LogP contribution is -2.26. The molecule has 0 bridgehead atoms. The molecule has 1 aromatic heterocycles. The number of thiophene rings is 1. The second-order valence-corrected chi connectivity index (χ2v) is 3.41. The summed E-state index contributed by atoms with van der Waals surface area (Å²) in [5.41, 5.74) is 0.958. The summed E-state index contributed by atoms with van der Waals surface area (Å²) in [5.74, 6) is 0.0726. The lowest BCUT2D eigenvalue weighted by Gasteiger charge is -2.12. The molecule has 0 aliphatic carbocycles. The molecule has 0 N–H and O–H groups in total. The minimum Gasteiger partial charge on any atom is -0.314 e. The molecule has 1 amide bonds. The van der Waals surface area contributed by atoms with Crippen molar-refractivity contribution in [3.63, 3.8) is 0 Å². The maximum Gasteiger partial charge on any atom is 0.237 e. The second kappa shape index (κ2) is 3.88. The zero-order chi connectivity index (χ0) is 8.27. The van der Waals surface area contributed by atoms with Gasteiger partial charge >= 0.3 is 0 Å². The van der Waals surface area contributed by atoms with E-state index in [2.05, 4.69) is 15.9 Å². The van der Waals surface area contributed by atoms with Gasteiger partial charge in [-0.1, -0.05) is 15.9 Å². The zero-order valence-electron chi connectivity index (χ0n) is 6.08. The quantitative estimate of drug-likeness (QED) is 0.717. The van der Waals surface area contributed by atoms with E-state index < -0.39 is 0 Å². The highest BCUT2D eigenvalue weighted by Crippen LogP contribution is 2.16. The Morgan fingerprint density at radius 2 is 2.55 bits per heavy atom. The molecule has 0 aromatic carbocycles. The van der Waals surface area contributed by atoms with E-state index in [9.17, 15) is 4.79 Å². The molecule has 0 aliphatic rings. The van der Waals surface area contributed by atoms with E-state index in [4.69, 9.17) is 0 Å². The molecule has 4 heteroatoms. The first-order chi connectivity index (χ1) is 5.25. The molecule has 0 saturated heterocycles. The fourth-order valence-electron chi connectivity index (χ4n) is 0.682. The molecule has 0 radical (unpaired) electrons. The lowest BCUT2D eigenvalue weighted by atomic mass is 10.4. The van der Waals surface area contributed by atoms with Crippen LogP contribution >= 0.6 is 27.3 Å². The van der Waals surface area contributed by atoms with Gasteiger partial charge in [0.1, 0.15) is 0 Å². The number of hydrogen-bond acceptors (Lipinski definition) is 2. The fourth-order valence-corrected chi connectivity index (χ4v) is 1.73. The first-order valence-electron chi connectivity index (χ1n) is 3.10. The van der Waals surface area contributed by atoms with Gasteiger partial charge in [-0.05, 0) is 11.4 Å². The number of carbonyl (C=O) groups excluding carboxylic acids is 1. The fraction of sp³-hybridized carbons (Fsp3) is 0.286. The van der Waals surface area contributed by atoms with Crippen LogP contribution in [0.25, 0.3) is 0 Å². The molecule has 1 aromatic rings. The Kier molecular flexibility index (Phi) is 3.08. The topological polar surface area (TPSA) is 20.3 Å². The standard InChI is InChI=1S/C7H8BrNOS/c1-9(7(10)4-8)6-2-3-11-5-6/h2-3,5H,4H2,1H3. The minimum atomic E-state index is 0.0726. The van der Waals surface area contributed by atoms with Crippen molar-refractivity contribution in [3.8, 4) is 0 Å². The third-order valence-corrected chi connectivity index (χ3v) is 2.53. The van der Waals surface area contributed by atoms with Crippen LogP contribution in [0.1, 0.15) is 0 Å². The minimum absolute atomic E-state index is 0.0726. The molecule has 0 saturated carbocycles. The molecule has 2 nitrogen and oxygen atoms in total. The first-order valence-corrected chi connectivity index (χ1v) is 5.17. The van der Waals surface area contributed by atoms with Crippen molar-refractivity contribution in [2.24, 2.45) is 0 Å². The Hall–Kier alpha value is -0.350. The van der Waals surface area contributed by atoms with Crippen molar-refractivity contribution in [1.29, 1.82) is 0 Å². The molecule has 0 unspecified atom stereocenters. The molecule has 1 heterocycles. The molecule has 0 aliphatic heterocycles. The van der Waals surface area contributed by atoms with Crippen LogP contribution in [-0.2, 0) is 4.79 Å². The average Bonchev–Trinajstić information content (AvgIpc) is 2.53. The van der Waals surface area contributed by atoms with Gasteiger partial charge in [0.15, 0.2) is 0 Å². The van der Waals surface area contributed by atoms with Crippen molar-refractivity contribution < 1.29 is 4.79 Å². The molecule has 11 heavy (non-hydrogen) atoms. The molecule has 0 spiro atoms. The van der Waals surface area contributed by atoms with Gasteiger partial charge in [-0.15, -0.1) is 0 Å². The SMILES string of the molecule is CN(C(=O)CBr)c1ccsc1. The van der Waals surface area contributed by atoms with Gasteiger partial charge in [0.05, 0.1) is 11.0 Å². The van der Waals surface area contributed by atoms with Crippen LogP contribution in [0.2, 0.25) is 0 Å². The molecule has 1 rings (SSSR count). The monoisotopic (exact) mass is 233 g/mol. The van der Waals surface area contributed by atoms with Crippen molar-refractivity contribution >= 4 is 38.9 Å². The predicted octanol–water partition coefficient (Wildman–Crippen LogP) is 2.11. The molecule has 0 atom stereocenters. The van der Waals surface area contributed by atoms with Crippen LogP contribution in [0.15, 0.2) is 16.8 Å². The smallest absolute Gasteiger partial charge is 0.237 e. The van der Waals surface area contributed by atoms with Crippen LogP contribution < -0.4 is 4.90 Å². The average molecular weight is 234 g/mol. The van der Waals surface area contributed by atoms with E-state index >= 15 is 0 Å². The number of rotatable bonds is 2. The van der Waals surface area contributed by atoms with Crippen LogP contribution in [0, 0.1) is 0 Å². The maximum atomic E-state index is 11.1. The Labute approximate surface area is 78.0 Å². The van der Waals surface area contributed by atoms with E-state index in [1.165, 1.54) is 0 Å². The normalized spacial score (nSPS) is 9.64. The van der Waals surface area contributed by atoms with Crippen molar-refractivity contribution in [1.82, 2.24) is 0 Å². The van der Waals surface area contributed by atoms with Crippen LogP contribution in [-0.4, -0.2) is 18.3 Å². The third-order valence-electron chi connectivity index (χ3n) is 1.38. The van der Waals surface area contributed by atoms with Crippen molar-refractivity contribution in [3.05, 3.63) is 16.8 Å². The van der Waals surface area contributed by atoms with Gasteiger partial charge in [0.2, 0.25) is 5.91 Å². The van der Waals surface area contributed by atoms with E-state index in [0.717, 1.165) is 5.69 Å². The summed E-state index contributed by atoms with van der Waals surface area (Å²) in [7, 11) is 1.77. The van der Waals surface area contributed by atoms with Crippen LogP contribution in [0.4, 0.5) is 5.69 Å². The van der Waals surface area contributed by atoms with Crippen molar-refractivity contribution in [2.45, 2.75) is 0 Å². The summed E-state index contributed by atoms with van der Waals surface area (Å²) in [4.78, 5) is 12.7. The Morgan fingerprint density at radius 1 is 1.82 bits per heavy atom. The summed E-state index contributed by atoms with van der Waals surface area (Å²) in [6.45, 7) is 0. The van der Waals surface area contributed by atoms with E-state index in [0.29, 0.717) is 5.33 Å². The van der Waals surface area contributed by atoms with Gasteiger partial charge < -0.3 is 4.90 Å². The molecular weight excluding hydrogens is 226 g/mol. The van der Waals surface area contributed by atoms with Gasteiger partial charge in [0, 0.05) is 12.4 Å². The first kappa shape index (κ1) is 8.74. The predicted molar refractivity (Wildman–Crippen MR) is 51.5 cm³/mol. The summed E-state index contributed by atoms with van der Waals surface area (Å²) in [5, 5.41) is 4.27. The lowest BCUT2D eigenvalue weighted by molar-refractivity contribution is -0.115. The molecular formula is C7H8BrNOS. The summed E-state index contributed by atoms with van der Waals surface area (Å²) in [6, 6.07) is 1.92. The van der Waals surface area contributed by atoms with Gasteiger partial charge in [0.25, 0.3) is 0 Å². The van der Waals surface area contributed by atoms with Crippen LogP contribution in [0.5, 0.6) is 0 Å². The van der Waals surface area contributed by atoms with E-state index in [-0.39, 0.29) is 5.91 Å². The highest BCUT2D eigenvalue weighted by molar-refractivity contribution is 9.09. The van der Waals surface area contributed by atoms with E-state index in [1.807, 2.05) is 16.8 Å². The largest absolute Gasteiger partial charge is 0.314 e. The highest BCUT2D eigenvalue weighted by Gasteiger charge is 2.07. The number of alkyl halides is 1. The Bertz CT molecular complexity index is 235. The summed E-state index contributed by atoms with van der Waals surface area (Å²) >= 11 is 4.70. The zero-order valence-corrected chi connectivity index (χ0v) is 8.48. The number of amides is 1.